The van der Waals surface area contributed by atoms with Crippen molar-refractivity contribution in [1.29, 1.82) is 0 Å². The Morgan fingerprint density at radius 3 is 2.86 bits per heavy atom. The third-order valence-electron chi connectivity index (χ3n) is 2.97. The van der Waals surface area contributed by atoms with Crippen molar-refractivity contribution in [3.8, 4) is 0 Å². The molecule has 2 N–H and O–H groups in total. The van der Waals surface area contributed by atoms with E-state index in [-0.39, 0.29) is 5.91 Å². The molecular formula is C14H11Br2N5O. The average molecular weight is 425 g/mol. The van der Waals surface area contributed by atoms with Crippen LogP contribution in [0.3, 0.4) is 0 Å². The molecule has 6 nitrogen and oxygen atoms in total. The first-order valence-electron chi connectivity index (χ1n) is 6.40. The number of rotatable bonds is 4. The Morgan fingerprint density at radius 1 is 1.32 bits per heavy atom. The second-order valence-corrected chi connectivity index (χ2v) is 6.14. The van der Waals surface area contributed by atoms with Crippen LogP contribution in [0.25, 0.3) is 0 Å². The smallest absolute Gasteiger partial charge is 0.277 e. The highest BCUT2D eigenvalue weighted by atomic mass is 79.9. The van der Waals surface area contributed by atoms with Gasteiger partial charge < -0.3 is 5.32 Å². The fourth-order valence-corrected chi connectivity index (χ4v) is 2.61. The molecule has 112 valence electrons. The quantitative estimate of drug-likeness (QED) is 0.673. The number of amides is 1. The first-order valence-corrected chi connectivity index (χ1v) is 7.99. The first-order chi connectivity index (χ1) is 10.6. The van der Waals surface area contributed by atoms with Gasteiger partial charge in [0, 0.05) is 18.1 Å². The number of nitrogens with zero attached hydrogens (tertiary/aromatic N) is 3. The Kier molecular flexibility index (Phi) is 4.39. The molecular weight excluding hydrogens is 414 g/mol. The number of hydrogen-bond acceptors (Lipinski definition) is 3. The summed E-state index contributed by atoms with van der Waals surface area (Å²) in [5.41, 5.74) is 2.05. The monoisotopic (exact) mass is 423 g/mol. The largest absolute Gasteiger partial charge is 0.321 e. The lowest BCUT2D eigenvalue weighted by Gasteiger charge is -2.07. The minimum atomic E-state index is -0.287. The highest BCUT2D eigenvalue weighted by Gasteiger charge is 2.16. The van der Waals surface area contributed by atoms with E-state index in [0.717, 1.165) is 5.56 Å². The Hall–Kier alpha value is -1.93. The fraction of sp³-hybridized carbons (Fsp3) is 0.0714. The van der Waals surface area contributed by atoms with Crippen molar-refractivity contribution in [1.82, 2.24) is 20.0 Å². The van der Waals surface area contributed by atoms with Crippen molar-refractivity contribution < 1.29 is 4.79 Å². The zero-order chi connectivity index (χ0) is 15.5. The Labute approximate surface area is 143 Å². The van der Waals surface area contributed by atoms with E-state index >= 15 is 0 Å². The molecule has 2 aromatic heterocycles. The van der Waals surface area contributed by atoms with Crippen molar-refractivity contribution in [2.24, 2.45) is 0 Å². The van der Waals surface area contributed by atoms with E-state index in [4.69, 9.17) is 0 Å². The number of H-pyrrole nitrogens is 1. The van der Waals surface area contributed by atoms with Gasteiger partial charge >= 0.3 is 0 Å². The van der Waals surface area contributed by atoms with Gasteiger partial charge in [0.25, 0.3) is 5.91 Å². The van der Waals surface area contributed by atoms with Gasteiger partial charge in [0.15, 0.2) is 5.69 Å². The maximum atomic E-state index is 12.2. The molecule has 0 radical (unpaired) electrons. The first kappa shape index (κ1) is 15.0. The number of aromatic amines is 1. The van der Waals surface area contributed by atoms with Gasteiger partial charge in [-0.25, -0.2) is 0 Å². The molecule has 0 bridgehead atoms. The summed E-state index contributed by atoms with van der Waals surface area (Å²) in [6, 6.07) is 9.50. The molecule has 22 heavy (non-hydrogen) atoms. The van der Waals surface area contributed by atoms with Gasteiger partial charge in [0.05, 0.1) is 11.0 Å². The van der Waals surface area contributed by atoms with Gasteiger partial charge in [-0.2, -0.15) is 10.2 Å². The summed E-state index contributed by atoms with van der Waals surface area (Å²) in [4.78, 5) is 12.2. The predicted molar refractivity (Wildman–Crippen MR) is 89.7 cm³/mol. The van der Waals surface area contributed by atoms with Crippen LogP contribution < -0.4 is 5.32 Å². The summed E-state index contributed by atoms with van der Waals surface area (Å²) in [5, 5.41) is 13.6. The molecule has 0 saturated heterocycles. The molecule has 8 heteroatoms. The van der Waals surface area contributed by atoms with Crippen molar-refractivity contribution >= 4 is 43.5 Å². The molecule has 0 aliphatic carbocycles. The van der Waals surface area contributed by atoms with Gasteiger partial charge in [-0.15, -0.1) is 0 Å². The van der Waals surface area contributed by atoms with Gasteiger partial charge in [-0.3, -0.25) is 14.6 Å². The van der Waals surface area contributed by atoms with Gasteiger partial charge in [0.2, 0.25) is 0 Å². The van der Waals surface area contributed by atoms with Gasteiger partial charge in [-0.05, 0) is 55.6 Å². The van der Waals surface area contributed by atoms with Crippen LogP contribution in [0.1, 0.15) is 16.1 Å². The van der Waals surface area contributed by atoms with Crippen LogP contribution in [0.5, 0.6) is 0 Å². The summed E-state index contributed by atoms with van der Waals surface area (Å²) in [6.07, 6.45) is 3.63. The minimum Gasteiger partial charge on any atom is -0.321 e. The van der Waals surface area contributed by atoms with Crippen LogP contribution in [0.15, 0.2) is 51.8 Å². The molecule has 0 aliphatic rings. The molecule has 0 unspecified atom stereocenters. The van der Waals surface area contributed by atoms with E-state index in [1.165, 1.54) is 0 Å². The summed E-state index contributed by atoms with van der Waals surface area (Å²) >= 11 is 6.57. The van der Waals surface area contributed by atoms with Crippen molar-refractivity contribution in [2.45, 2.75) is 6.54 Å². The third kappa shape index (κ3) is 3.28. The van der Waals surface area contributed by atoms with Gasteiger partial charge in [-0.1, -0.05) is 12.1 Å². The van der Waals surface area contributed by atoms with Crippen LogP contribution in [0.4, 0.5) is 5.69 Å². The summed E-state index contributed by atoms with van der Waals surface area (Å²) in [7, 11) is 0. The van der Waals surface area contributed by atoms with E-state index in [1.807, 2.05) is 41.2 Å². The number of nitrogens with one attached hydrogen (secondary N) is 2. The Bertz CT molecular complexity index is 797. The van der Waals surface area contributed by atoms with Crippen LogP contribution in [0, 0.1) is 0 Å². The lowest BCUT2D eigenvalue weighted by Crippen LogP contribution is -2.13. The molecule has 0 saturated carbocycles. The number of carbonyl (C=O) groups is 1. The van der Waals surface area contributed by atoms with E-state index in [2.05, 4.69) is 52.5 Å². The number of halogens is 2. The second kappa shape index (κ2) is 6.45. The normalized spacial score (nSPS) is 10.6. The predicted octanol–water partition coefficient (Wildman–Crippen LogP) is 3.43. The zero-order valence-corrected chi connectivity index (χ0v) is 14.4. The Balaban J connectivity index is 1.75. The fourth-order valence-electron chi connectivity index (χ4n) is 1.98. The number of hydrogen-bond donors (Lipinski definition) is 2. The number of benzene rings is 1. The summed E-state index contributed by atoms with van der Waals surface area (Å²) in [6.45, 7) is 0.647. The summed E-state index contributed by atoms with van der Waals surface area (Å²) < 4.78 is 3.05. The maximum absolute atomic E-state index is 12.2. The van der Waals surface area contributed by atoms with E-state index in [9.17, 15) is 4.79 Å². The lowest BCUT2D eigenvalue weighted by atomic mass is 10.2. The molecule has 2 heterocycles. The third-order valence-corrected chi connectivity index (χ3v) is 4.85. The van der Waals surface area contributed by atoms with Crippen LogP contribution in [0.2, 0.25) is 0 Å². The minimum absolute atomic E-state index is 0.287. The van der Waals surface area contributed by atoms with E-state index < -0.39 is 0 Å². The van der Waals surface area contributed by atoms with Crippen molar-refractivity contribution in [3.63, 3.8) is 0 Å². The Morgan fingerprint density at radius 2 is 2.18 bits per heavy atom. The standard InChI is InChI=1S/C14H11Br2N5O/c15-11-12(19-20-13(11)16)14(22)18-10-4-1-3-9(7-10)8-21-6-2-5-17-21/h1-7H,8H2,(H,18,22)(H,19,20). The van der Waals surface area contributed by atoms with E-state index in [1.54, 1.807) is 6.20 Å². The van der Waals surface area contributed by atoms with Crippen molar-refractivity contribution in [2.75, 3.05) is 5.32 Å². The van der Waals surface area contributed by atoms with Crippen LogP contribution >= 0.6 is 31.9 Å². The average Bonchev–Trinajstić information content (AvgIpc) is 3.11. The van der Waals surface area contributed by atoms with E-state index in [0.29, 0.717) is 27.0 Å². The molecule has 1 amide bonds. The molecule has 0 atom stereocenters. The maximum Gasteiger partial charge on any atom is 0.277 e. The molecule has 1 aromatic carbocycles. The zero-order valence-electron chi connectivity index (χ0n) is 11.3. The van der Waals surface area contributed by atoms with Crippen LogP contribution in [-0.4, -0.2) is 25.9 Å². The second-order valence-electron chi connectivity index (χ2n) is 4.56. The van der Waals surface area contributed by atoms with Gasteiger partial charge in [0.1, 0.15) is 4.60 Å². The molecule has 0 spiro atoms. The van der Waals surface area contributed by atoms with Crippen molar-refractivity contribution in [3.05, 3.63) is 63.1 Å². The lowest BCUT2D eigenvalue weighted by molar-refractivity contribution is 0.102. The highest BCUT2D eigenvalue weighted by Crippen LogP contribution is 2.24. The molecule has 3 aromatic rings. The SMILES string of the molecule is O=C(Nc1cccc(Cn2cccn2)c1)c1n[nH]c(Br)c1Br. The van der Waals surface area contributed by atoms with Crippen LogP contribution in [-0.2, 0) is 6.54 Å². The molecule has 0 fully saturated rings. The highest BCUT2D eigenvalue weighted by molar-refractivity contribution is 9.13. The summed E-state index contributed by atoms with van der Waals surface area (Å²) in [5.74, 6) is -0.287. The topological polar surface area (TPSA) is 75.6 Å². The number of aromatic nitrogens is 4. The number of anilines is 1. The molecule has 3 rings (SSSR count). The number of carbonyl (C=O) groups excluding carboxylic acids is 1. The molecule has 0 aliphatic heterocycles.